The first-order chi connectivity index (χ1) is 12.8. The van der Waals surface area contributed by atoms with Crippen LogP contribution < -0.4 is 5.32 Å². The van der Waals surface area contributed by atoms with Gasteiger partial charge in [0.25, 0.3) is 0 Å². The predicted molar refractivity (Wildman–Crippen MR) is 108 cm³/mol. The van der Waals surface area contributed by atoms with Gasteiger partial charge < -0.3 is 20.4 Å². The minimum absolute atomic E-state index is 0.449. The van der Waals surface area contributed by atoms with Crippen LogP contribution in [0.4, 0.5) is 0 Å². The smallest absolute Gasteiger partial charge is 0.328 e. The van der Waals surface area contributed by atoms with Gasteiger partial charge >= 0.3 is 11.9 Å². The molecule has 7 heteroatoms. The van der Waals surface area contributed by atoms with Crippen molar-refractivity contribution in [3.05, 3.63) is 12.2 Å². The quantitative estimate of drug-likeness (QED) is 0.447. The van der Waals surface area contributed by atoms with Crippen LogP contribution in [0.3, 0.4) is 0 Å². The fourth-order valence-corrected chi connectivity index (χ4v) is 4.32. The highest BCUT2D eigenvalue weighted by Crippen LogP contribution is 2.37. The number of halogens is 1. The Labute approximate surface area is 168 Å². The molecule has 1 saturated carbocycles. The summed E-state index contributed by atoms with van der Waals surface area (Å²) in [5.74, 6) is -0.739. The maximum absolute atomic E-state index is 9.55. The zero-order chi connectivity index (χ0) is 20.2. The highest BCUT2D eigenvalue weighted by molar-refractivity contribution is 6.20. The van der Waals surface area contributed by atoms with E-state index in [9.17, 15) is 9.59 Å². The molecule has 1 aliphatic heterocycles. The molecule has 0 spiro atoms. The van der Waals surface area contributed by atoms with Crippen LogP contribution >= 0.6 is 11.6 Å². The summed E-state index contributed by atoms with van der Waals surface area (Å²) in [6.07, 6.45) is 11.8. The van der Waals surface area contributed by atoms with Crippen LogP contribution in [0, 0.1) is 11.8 Å². The van der Waals surface area contributed by atoms with Crippen molar-refractivity contribution in [2.75, 3.05) is 27.2 Å². The summed E-state index contributed by atoms with van der Waals surface area (Å²) < 4.78 is 0. The average Bonchev–Trinajstić information content (AvgIpc) is 2.63. The lowest BCUT2D eigenvalue weighted by Gasteiger charge is -2.39. The Morgan fingerprint density at radius 2 is 1.67 bits per heavy atom. The first kappa shape index (κ1) is 23.9. The second-order valence-electron chi connectivity index (χ2n) is 7.83. The lowest BCUT2D eigenvalue weighted by molar-refractivity contribution is -0.134. The Balaban J connectivity index is 0.000000387. The largest absolute Gasteiger partial charge is 0.478 e. The van der Waals surface area contributed by atoms with Crippen LogP contribution in [0.15, 0.2) is 12.2 Å². The number of nitrogens with zero attached hydrogens (tertiary/aromatic N) is 1. The molecule has 0 aromatic carbocycles. The van der Waals surface area contributed by atoms with Crippen LogP contribution in [0.25, 0.3) is 0 Å². The molecular formula is C20H35ClN2O4. The molecule has 1 heterocycles. The average molecular weight is 403 g/mol. The van der Waals surface area contributed by atoms with Crippen LogP contribution in [-0.4, -0.2) is 65.7 Å². The monoisotopic (exact) mass is 402 g/mol. The standard InChI is InChI=1S/C16H31ClN2.C4H4O4/c1-19(2)12-10-15(16-5-3-4-11-18-16)13-6-8-14(17)9-7-13;5-3(6)1-2-4(7)8/h13-16,18H,3-12H2,1-2H3;1-2H,(H,5,6)(H,7,8)/b;2-1+. The Bertz CT molecular complexity index is 455. The van der Waals surface area contributed by atoms with Gasteiger partial charge in [-0.05, 0) is 84.0 Å². The maximum Gasteiger partial charge on any atom is 0.328 e. The van der Waals surface area contributed by atoms with E-state index in [0.717, 1.165) is 17.9 Å². The minimum atomic E-state index is -1.26. The van der Waals surface area contributed by atoms with Crippen LogP contribution in [0.2, 0.25) is 0 Å². The molecule has 0 amide bonds. The summed E-state index contributed by atoms with van der Waals surface area (Å²) in [4.78, 5) is 21.4. The lowest BCUT2D eigenvalue weighted by atomic mass is 9.73. The fraction of sp³-hybridized carbons (Fsp3) is 0.800. The van der Waals surface area contributed by atoms with Crippen molar-refractivity contribution in [2.45, 2.75) is 62.8 Å². The van der Waals surface area contributed by atoms with E-state index in [4.69, 9.17) is 21.8 Å². The second kappa shape index (κ2) is 13.1. The molecule has 1 saturated heterocycles. The molecule has 2 unspecified atom stereocenters. The Hall–Kier alpha value is -1.11. The number of carboxylic acid groups (broad SMARTS) is 2. The van der Waals surface area contributed by atoms with Gasteiger partial charge in [-0.25, -0.2) is 9.59 Å². The van der Waals surface area contributed by atoms with Gasteiger partial charge in [0.15, 0.2) is 0 Å². The molecule has 0 aromatic heterocycles. The molecule has 27 heavy (non-hydrogen) atoms. The molecule has 2 rings (SSSR count). The van der Waals surface area contributed by atoms with Crippen LogP contribution in [0.5, 0.6) is 0 Å². The Morgan fingerprint density at radius 3 is 2.11 bits per heavy atom. The third-order valence-electron chi connectivity index (χ3n) is 5.45. The minimum Gasteiger partial charge on any atom is -0.478 e. The third-order valence-corrected chi connectivity index (χ3v) is 5.89. The van der Waals surface area contributed by atoms with Gasteiger partial charge in [0, 0.05) is 23.6 Å². The van der Waals surface area contributed by atoms with E-state index < -0.39 is 11.9 Å². The Kier molecular flexibility index (Phi) is 11.6. The highest BCUT2D eigenvalue weighted by atomic mass is 35.5. The lowest BCUT2D eigenvalue weighted by Crippen LogP contribution is -2.44. The van der Waals surface area contributed by atoms with E-state index in [0.29, 0.717) is 17.5 Å². The van der Waals surface area contributed by atoms with Gasteiger partial charge in [-0.15, -0.1) is 11.6 Å². The van der Waals surface area contributed by atoms with Gasteiger partial charge in [0.2, 0.25) is 0 Å². The predicted octanol–water partition coefficient (Wildman–Crippen LogP) is 3.21. The van der Waals surface area contributed by atoms with Gasteiger partial charge in [-0.1, -0.05) is 6.42 Å². The molecule has 6 nitrogen and oxygen atoms in total. The summed E-state index contributed by atoms with van der Waals surface area (Å²) >= 11 is 6.28. The molecule has 0 aromatic rings. The second-order valence-corrected chi connectivity index (χ2v) is 8.45. The normalized spacial score (nSPS) is 27.0. The summed E-state index contributed by atoms with van der Waals surface area (Å²) in [7, 11) is 4.39. The summed E-state index contributed by atoms with van der Waals surface area (Å²) in [6, 6.07) is 0.769. The van der Waals surface area contributed by atoms with E-state index in [1.807, 2.05) is 0 Å². The van der Waals surface area contributed by atoms with Gasteiger partial charge in [0.1, 0.15) is 0 Å². The van der Waals surface area contributed by atoms with E-state index in [1.165, 1.54) is 64.5 Å². The molecule has 156 valence electrons. The molecule has 0 radical (unpaired) electrons. The molecular weight excluding hydrogens is 368 g/mol. The summed E-state index contributed by atoms with van der Waals surface area (Å²) in [5.41, 5.74) is 0. The number of carboxylic acids is 2. The fourth-order valence-electron chi connectivity index (χ4n) is 4.07. The van der Waals surface area contributed by atoms with E-state index in [2.05, 4.69) is 24.3 Å². The van der Waals surface area contributed by atoms with Gasteiger partial charge in [-0.3, -0.25) is 0 Å². The van der Waals surface area contributed by atoms with Crippen molar-refractivity contribution in [1.82, 2.24) is 10.2 Å². The topological polar surface area (TPSA) is 89.9 Å². The highest BCUT2D eigenvalue weighted by Gasteiger charge is 2.32. The maximum atomic E-state index is 9.55. The van der Waals surface area contributed by atoms with Crippen LogP contribution in [-0.2, 0) is 9.59 Å². The molecule has 2 fully saturated rings. The number of hydrogen-bond donors (Lipinski definition) is 3. The van der Waals surface area contributed by atoms with Crippen molar-refractivity contribution in [1.29, 1.82) is 0 Å². The zero-order valence-electron chi connectivity index (χ0n) is 16.6. The number of aliphatic carboxylic acids is 2. The Morgan fingerprint density at radius 1 is 1.07 bits per heavy atom. The molecule has 0 bridgehead atoms. The van der Waals surface area contributed by atoms with Crippen molar-refractivity contribution < 1.29 is 19.8 Å². The van der Waals surface area contributed by atoms with Crippen LogP contribution in [0.1, 0.15) is 51.4 Å². The van der Waals surface area contributed by atoms with Gasteiger partial charge in [-0.2, -0.15) is 0 Å². The SMILES string of the molecule is CN(C)CCC(C1CCC(Cl)CC1)C1CCCCN1.O=C(O)/C=C/C(=O)O. The molecule has 1 aliphatic carbocycles. The number of rotatable bonds is 7. The first-order valence-corrected chi connectivity index (χ1v) is 10.4. The van der Waals surface area contributed by atoms with Gasteiger partial charge in [0.05, 0.1) is 0 Å². The van der Waals surface area contributed by atoms with Crippen molar-refractivity contribution >= 4 is 23.5 Å². The van der Waals surface area contributed by atoms with Crippen molar-refractivity contribution in [3.8, 4) is 0 Å². The number of hydrogen-bond acceptors (Lipinski definition) is 4. The van der Waals surface area contributed by atoms with Crippen molar-refractivity contribution in [2.24, 2.45) is 11.8 Å². The number of carbonyl (C=O) groups is 2. The van der Waals surface area contributed by atoms with Crippen molar-refractivity contribution in [3.63, 3.8) is 0 Å². The third kappa shape index (κ3) is 10.7. The van der Waals surface area contributed by atoms with E-state index in [1.54, 1.807) is 0 Å². The number of nitrogens with one attached hydrogen (secondary N) is 1. The van der Waals surface area contributed by atoms with E-state index >= 15 is 0 Å². The molecule has 3 N–H and O–H groups in total. The summed E-state index contributed by atoms with van der Waals surface area (Å²) in [6.45, 7) is 2.46. The first-order valence-electron chi connectivity index (χ1n) is 9.95. The summed E-state index contributed by atoms with van der Waals surface area (Å²) in [5, 5.41) is 19.9. The molecule has 2 atom stereocenters. The molecule has 2 aliphatic rings. The number of alkyl halides is 1. The zero-order valence-corrected chi connectivity index (χ0v) is 17.3. The number of piperidine rings is 1. The van der Waals surface area contributed by atoms with E-state index in [-0.39, 0.29) is 0 Å².